The minimum atomic E-state index is -3.54. The van der Waals surface area contributed by atoms with Gasteiger partial charge in [0.05, 0.1) is 5.69 Å². The third-order valence-electron chi connectivity index (χ3n) is 4.09. The van der Waals surface area contributed by atoms with Crippen molar-refractivity contribution in [2.75, 3.05) is 12.3 Å². The molecule has 112 valence electrons. The fourth-order valence-electron chi connectivity index (χ4n) is 2.71. The molecule has 0 radical (unpaired) electrons. The Morgan fingerprint density at radius 2 is 2.05 bits per heavy atom. The van der Waals surface area contributed by atoms with E-state index in [4.69, 9.17) is 5.73 Å². The number of nitrogens with zero attached hydrogens (tertiary/aromatic N) is 1. The highest BCUT2D eigenvalue weighted by molar-refractivity contribution is 7.89. The summed E-state index contributed by atoms with van der Waals surface area (Å²) in [5, 5.41) is 0. The van der Waals surface area contributed by atoms with Crippen LogP contribution in [0.15, 0.2) is 23.4 Å². The molecule has 20 heavy (non-hydrogen) atoms. The molecule has 2 rings (SSSR count). The van der Waals surface area contributed by atoms with Gasteiger partial charge in [0.2, 0.25) is 10.0 Å². The summed E-state index contributed by atoms with van der Waals surface area (Å²) in [5.41, 5.74) is 5.91. The lowest BCUT2D eigenvalue weighted by molar-refractivity contribution is 0.278. The lowest BCUT2D eigenvalue weighted by atomic mass is 9.81. The van der Waals surface area contributed by atoms with Crippen LogP contribution in [-0.2, 0) is 10.0 Å². The third kappa shape index (κ3) is 3.93. The van der Waals surface area contributed by atoms with Crippen LogP contribution in [0.25, 0.3) is 0 Å². The predicted molar refractivity (Wildman–Crippen MR) is 79.6 cm³/mol. The van der Waals surface area contributed by atoms with Gasteiger partial charge in [0, 0.05) is 18.9 Å². The summed E-state index contributed by atoms with van der Waals surface area (Å²) in [6.45, 7) is 2.75. The van der Waals surface area contributed by atoms with Crippen molar-refractivity contribution in [3.05, 3.63) is 18.5 Å². The number of hydrogen-bond acceptors (Lipinski definition) is 4. The quantitative estimate of drug-likeness (QED) is 0.872. The second-order valence-electron chi connectivity index (χ2n) is 5.73. The monoisotopic (exact) mass is 297 g/mol. The summed E-state index contributed by atoms with van der Waals surface area (Å²) in [7, 11) is -3.54. The Kier molecular flexibility index (Phi) is 4.99. The number of aromatic nitrogens is 1. The lowest BCUT2D eigenvalue weighted by Crippen LogP contribution is -2.27. The van der Waals surface area contributed by atoms with Crippen LogP contribution in [0, 0.1) is 11.8 Å². The van der Waals surface area contributed by atoms with Crippen LogP contribution >= 0.6 is 0 Å². The van der Waals surface area contributed by atoms with Crippen molar-refractivity contribution < 1.29 is 8.42 Å². The van der Waals surface area contributed by atoms with Crippen molar-refractivity contribution >= 4 is 15.7 Å². The first-order valence-corrected chi connectivity index (χ1v) is 8.66. The van der Waals surface area contributed by atoms with Crippen molar-refractivity contribution in [3.8, 4) is 0 Å². The molecule has 1 aliphatic carbocycles. The highest BCUT2D eigenvalue weighted by atomic mass is 32.2. The molecule has 0 aromatic carbocycles. The number of sulfonamides is 1. The fourth-order valence-corrected chi connectivity index (χ4v) is 3.83. The Morgan fingerprint density at radius 1 is 1.35 bits per heavy atom. The molecular formula is C14H23N3O2S. The highest BCUT2D eigenvalue weighted by Gasteiger charge is 2.20. The summed E-state index contributed by atoms with van der Waals surface area (Å²) in [6.07, 6.45) is 8.60. The van der Waals surface area contributed by atoms with E-state index in [1.54, 1.807) is 0 Å². The highest BCUT2D eigenvalue weighted by Crippen LogP contribution is 2.30. The number of nitrogens with two attached hydrogens (primary N) is 1. The normalized spacial score (nSPS) is 23.6. The smallest absolute Gasteiger partial charge is 0.244 e. The molecule has 0 unspecified atom stereocenters. The molecule has 1 fully saturated rings. The molecule has 5 nitrogen and oxygen atoms in total. The SMILES string of the molecule is CC1CCC(CCNS(=O)(=O)c2cnccc2N)CC1. The van der Waals surface area contributed by atoms with Gasteiger partial charge >= 0.3 is 0 Å². The van der Waals surface area contributed by atoms with Gasteiger partial charge in [-0.2, -0.15) is 0 Å². The van der Waals surface area contributed by atoms with Crippen LogP contribution in [0.1, 0.15) is 39.0 Å². The predicted octanol–water partition coefficient (Wildman–Crippen LogP) is 2.16. The average molecular weight is 297 g/mol. The number of nitrogen functional groups attached to an aromatic ring is 1. The number of pyridine rings is 1. The number of rotatable bonds is 5. The molecule has 0 spiro atoms. The summed E-state index contributed by atoms with van der Waals surface area (Å²) in [6, 6.07) is 1.50. The third-order valence-corrected chi connectivity index (χ3v) is 5.59. The van der Waals surface area contributed by atoms with E-state index in [9.17, 15) is 8.42 Å². The van der Waals surface area contributed by atoms with Crippen LogP contribution in [0.3, 0.4) is 0 Å². The topological polar surface area (TPSA) is 85.1 Å². The van der Waals surface area contributed by atoms with Crippen LogP contribution < -0.4 is 10.5 Å². The van der Waals surface area contributed by atoms with Crippen LogP contribution in [0.5, 0.6) is 0 Å². The van der Waals surface area contributed by atoms with Crippen molar-refractivity contribution in [2.24, 2.45) is 11.8 Å². The summed E-state index contributed by atoms with van der Waals surface area (Å²) < 4.78 is 26.9. The van der Waals surface area contributed by atoms with Gasteiger partial charge in [-0.1, -0.05) is 32.6 Å². The van der Waals surface area contributed by atoms with Gasteiger partial charge in [0.25, 0.3) is 0 Å². The maximum Gasteiger partial charge on any atom is 0.244 e. The second-order valence-corrected chi connectivity index (χ2v) is 7.46. The molecule has 3 N–H and O–H groups in total. The van der Waals surface area contributed by atoms with Gasteiger partial charge < -0.3 is 5.73 Å². The van der Waals surface area contributed by atoms with E-state index in [-0.39, 0.29) is 10.6 Å². The van der Waals surface area contributed by atoms with Crippen LogP contribution in [0.2, 0.25) is 0 Å². The molecule has 6 heteroatoms. The lowest BCUT2D eigenvalue weighted by Gasteiger charge is -2.26. The zero-order valence-electron chi connectivity index (χ0n) is 11.9. The molecule has 0 bridgehead atoms. The van der Waals surface area contributed by atoms with Crippen molar-refractivity contribution in [2.45, 2.75) is 43.9 Å². The Hall–Kier alpha value is -1.14. The van der Waals surface area contributed by atoms with E-state index in [2.05, 4.69) is 16.6 Å². The summed E-state index contributed by atoms with van der Waals surface area (Å²) in [5.74, 6) is 1.46. The Bertz CT molecular complexity index is 537. The van der Waals surface area contributed by atoms with Gasteiger partial charge in [0.1, 0.15) is 4.90 Å². The molecule has 0 amide bonds. The van der Waals surface area contributed by atoms with Crippen molar-refractivity contribution in [1.29, 1.82) is 0 Å². The van der Waals surface area contributed by atoms with E-state index in [0.29, 0.717) is 12.5 Å². The van der Waals surface area contributed by atoms with Gasteiger partial charge in [-0.15, -0.1) is 0 Å². The minimum absolute atomic E-state index is 0.0669. The fraction of sp³-hybridized carbons (Fsp3) is 0.643. The molecule has 0 saturated heterocycles. The number of hydrogen-bond donors (Lipinski definition) is 2. The molecule has 1 aromatic rings. The zero-order chi connectivity index (χ0) is 14.6. The first-order chi connectivity index (χ1) is 9.49. The molecule has 0 aliphatic heterocycles. The van der Waals surface area contributed by atoms with E-state index >= 15 is 0 Å². The van der Waals surface area contributed by atoms with Gasteiger partial charge in [-0.3, -0.25) is 4.98 Å². The second kappa shape index (κ2) is 6.54. The maximum atomic E-state index is 12.1. The van der Waals surface area contributed by atoms with Crippen molar-refractivity contribution in [3.63, 3.8) is 0 Å². The minimum Gasteiger partial charge on any atom is -0.398 e. The first-order valence-electron chi connectivity index (χ1n) is 7.18. The van der Waals surface area contributed by atoms with E-state index in [1.165, 1.54) is 44.1 Å². The van der Waals surface area contributed by atoms with Gasteiger partial charge in [-0.05, 0) is 24.3 Å². The Morgan fingerprint density at radius 3 is 2.70 bits per heavy atom. The number of anilines is 1. The Labute approximate surface area is 121 Å². The summed E-state index contributed by atoms with van der Waals surface area (Å²) >= 11 is 0. The number of nitrogens with one attached hydrogen (secondary N) is 1. The Balaban J connectivity index is 1.86. The van der Waals surface area contributed by atoms with Gasteiger partial charge in [0.15, 0.2) is 0 Å². The molecular weight excluding hydrogens is 274 g/mol. The van der Waals surface area contributed by atoms with Crippen LogP contribution in [-0.4, -0.2) is 19.9 Å². The van der Waals surface area contributed by atoms with Crippen molar-refractivity contribution in [1.82, 2.24) is 9.71 Å². The van der Waals surface area contributed by atoms with E-state index in [0.717, 1.165) is 12.3 Å². The standard InChI is InChI=1S/C14H23N3O2S/c1-11-2-4-12(5-3-11)6-9-17-20(18,19)14-10-16-8-7-13(14)15/h7-8,10-12,17H,2-6,9H2,1H3,(H2,15,16). The molecule has 1 aromatic heterocycles. The van der Waals surface area contributed by atoms with E-state index < -0.39 is 10.0 Å². The van der Waals surface area contributed by atoms with Gasteiger partial charge in [-0.25, -0.2) is 13.1 Å². The largest absolute Gasteiger partial charge is 0.398 e. The molecule has 0 atom stereocenters. The summed E-state index contributed by atoms with van der Waals surface area (Å²) in [4.78, 5) is 3.89. The molecule has 1 aliphatic rings. The maximum absolute atomic E-state index is 12.1. The average Bonchev–Trinajstić information content (AvgIpc) is 2.41. The van der Waals surface area contributed by atoms with E-state index in [1.807, 2.05) is 0 Å². The molecule has 1 heterocycles. The first kappa shape index (κ1) is 15.3. The zero-order valence-corrected chi connectivity index (χ0v) is 12.7. The van der Waals surface area contributed by atoms with Crippen LogP contribution in [0.4, 0.5) is 5.69 Å². The molecule has 1 saturated carbocycles.